The summed E-state index contributed by atoms with van der Waals surface area (Å²) in [7, 11) is 0. The van der Waals surface area contributed by atoms with E-state index in [1.807, 2.05) is 16.8 Å². The van der Waals surface area contributed by atoms with Gasteiger partial charge in [0.2, 0.25) is 0 Å². The summed E-state index contributed by atoms with van der Waals surface area (Å²) in [6.07, 6.45) is 3.09. The Balaban J connectivity index is 2.55. The first-order valence-electron chi connectivity index (χ1n) is 5.87. The second-order valence-electron chi connectivity index (χ2n) is 4.11. The average Bonchev–Trinajstić information content (AvgIpc) is 2.79. The van der Waals surface area contributed by atoms with Crippen LogP contribution in [-0.4, -0.2) is 27.5 Å². The van der Waals surface area contributed by atoms with E-state index in [0.717, 1.165) is 24.8 Å². The fraction of sp³-hybridized carbons (Fsp3) is 0.583. The number of hydrogen-bond acceptors (Lipinski definition) is 3. The van der Waals surface area contributed by atoms with Crippen LogP contribution in [0.4, 0.5) is 4.79 Å². The van der Waals surface area contributed by atoms with Gasteiger partial charge in [-0.2, -0.15) is 16.4 Å². The summed E-state index contributed by atoms with van der Waals surface area (Å²) in [5.41, 5.74) is 1.08. The van der Waals surface area contributed by atoms with E-state index >= 15 is 0 Å². The molecule has 1 atom stereocenters. The van der Waals surface area contributed by atoms with Crippen LogP contribution in [0.2, 0.25) is 0 Å². The van der Waals surface area contributed by atoms with Crippen LogP contribution < -0.4 is 0 Å². The summed E-state index contributed by atoms with van der Waals surface area (Å²) < 4.78 is 0. The molecule has 2 N–H and O–H groups in total. The molecule has 0 bridgehead atoms. The fourth-order valence-corrected chi connectivity index (χ4v) is 2.46. The largest absolute Gasteiger partial charge is 0.463 e. The highest BCUT2D eigenvalue weighted by Gasteiger charge is 2.21. The molecule has 0 fully saturated rings. The van der Waals surface area contributed by atoms with Gasteiger partial charge in [-0.25, -0.2) is 4.79 Å². The lowest BCUT2D eigenvalue weighted by atomic mass is 10.0. The third-order valence-corrected chi connectivity index (χ3v) is 3.47. The molecule has 1 heterocycles. The predicted octanol–water partition coefficient (Wildman–Crippen LogP) is 3.61. The summed E-state index contributed by atoms with van der Waals surface area (Å²) in [5.74, 6) is 0. The maximum absolute atomic E-state index is 10.8. The van der Waals surface area contributed by atoms with Gasteiger partial charge in [-0.15, -0.1) is 0 Å². The van der Waals surface area contributed by atoms with Crippen molar-refractivity contribution in [3.05, 3.63) is 22.4 Å². The van der Waals surface area contributed by atoms with Gasteiger partial charge < -0.3 is 5.11 Å². The average molecular weight is 257 g/mol. The molecule has 1 rings (SSSR count). The van der Waals surface area contributed by atoms with Gasteiger partial charge in [-0.05, 0) is 35.2 Å². The number of rotatable bonds is 7. The maximum Gasteiger partial charge on any atom is 0.431 e. The van der Waals surface area contributed by atoms with Crippen LogP contribution in [0.1, 0.15) is 38.2 Å². The molecule has 1 unspecified atom stereocenters. The van der Waals surface area contributed by atoms with E-state index in [1.54, 1.807) is 11.3 Å². The zero-order chi connectivity index (χ0) is 12.7. The normalized spacial score (nSPS) is 12.4. The van der Waals surface area contributed by atoms with Gasteiger partial charge in [-0.3, -0.25) is 5.21 Å². The zero-order valence-corrected chi connectivity index (χ0v) is 10.8. The predicted molar refractivity (Wildman–Crippen MR) is 67.6 cm³/mol. The van der Waals surface area contributed by atoms with Crippen LogP contribution in [0, 0.1) is 0 Å². The van der Waals surface area contributed by atoms with Crippen LogP contribution in [0.15, 0.2) is 16.8 Å². The number of amides is 1. The van der Waals surface area contributed by atoms with Gasteiger partial charge in [0.05, 0.1) is 6.04 Å². The van der Waals surface area contributed by atoms with Gasteiger partial charge in [0, 0.05) is 0 Å². The molecule has 4 nitrogen and oxygen atoms in total. The van der Waals surface area contributed by atoms with E-state index in [2.05, 4.69) is 6.92 Å². The van der Waals surface area contributed by atoms with Gasteiger partial charge in [-0.1, -0.05) is 26.2 Å². The van der Waals surface area contributed by atoms with Crippen molar-refractivity contribution in [2.45, 2.75) is 45.1 Å². The summed E-state index contributed by atoms with van der Waals surface area (Å²) >= 11 is 1.58. The first-order valence-corrected chi connectivity index (χ1v) is 6.81. The van der Waals surface area contributed by atoms with Crippen molar-refractivity contribution < 1.29 is 15.1 Å². The molecule has 0 aliphatic rings. The molecule has 0 aliphatic heterocycles. The Kier molecular flexibility index (Phi) is 6.00. The van der Waals surface area contributed by atoms with E-state index in [0.29, 0.717) is 17.9 Å². The molecule has 0 saturated heterocycles. The second kappa shape index (κ2) is 7.29. The quantitative estimate of drug-likeness (QED) is 0.445. The van der Waals surface area contributed by atoms with Gasteiger partial charge in [0.1, 0.15) is 0 Å². The Hall–Kier alpha value is -1.07. The van der Waals surface area contributed by atoms with E-state index in [4.69, 9.17) is 5.11 Å². The molecule has 1 amide bonds. The molecule has 96 valence electrons. The van der Waals surface area contributed by atoms with Crippen LogP contribution in [0.5, 0.6) is 0 Å². The fourth-order valence-electron chi connectivity index (χ4n) is 1.78. The molecule has 0 saturated carbocycles. The molecule has 17 heavy (non-hydrogen) atoms. The van der Waals surface area contributed by atoms with E-state index in [9.17, 15) is 10.0 Å². The Bertz CT molecular complexity index is 327. The molecular formula is C12H19NO3S. The molecule has 5 heteroatoms. The number of carbonyl (C=O) groups is 1. The lowest BCUT2D eigenvalue weighted by Gasteiger charge is -2.23. The Morgan fingerprint density at radius 3 is 2.82 bits per heavy atom. The number of hydrogen-bond donors (Lipinski definition) is 2. The molecule has 0 spiro atoms. The van der Waals surface area contributed by atoms with E-state index < -0.39 is 6.09 Å². The number of thiophene rings is 1. The first kappa shape index (κ1) is 14.0. The minimum atomic E-state index is -1.28. The molecule has 0 radical (unpaired) electrons. The van der Waals surface area contributed by atoms with Crippen LogP contribution in [0.3, 0.4) is 0 Å². The minimum absolute atomic E-state index is 0.339. The van der Waals surface area contributed by atoms with E-state index in [1.165, 1.54) is 0 Å². The van der Waals surface area contributed by atoms with Gasteiger partial charge in [0.25, 0.3) is 0 Å². The van der Waals surface area contributed by atoms with Crippen LogP contribution in [0.25, 0.3) is 0 Å². The third kappa shape index (κ3) is 4.75. The van der Waals surface area contributed by atoms with Crippen LogP contribution in [-0.2, 0) is 6.42 Å². The third-order valence-electron chi connectivity index (χ3n) is 2.73. The van der Waals surface area contributed by atoms with Crippen molar-refractivity contribution in [1.82, 2.24) is 5.06 Å². The van der Waals surface area contributed by atoms with Crippen molar-refractivity contribution in [2.75, 3.05) is 0 Å². The Morgan fingerprint density at radius 1 is 1.53 bits per heavy atom. The Labute approximate surface area is 105 Å². The SMILES string of the molecule is CCCCCC(Cc1ccsc1)N(O)C(=O)O. The lowest BCUT2D eigenvalue weighted by molar-refractivity contribution is -0.0982. The van der Waals surface area contributed by atoms with Crippen LogP contribution >= 0.6 is 11.3 Å². The number of unbranched alkanes of at least 4 members (excludes halogenated alkanes) is 2. The lowest BCUT2D eigenvalue weighted by Crippen LogP contribution is -2.38. The van der Waals surface area contributed by atoms with Crippen molar-refractivity contribution in [3.63, 3.8) is 0 Å². The summed E-state index contributed by atoms with van der Waals surface area (Å²) in [6.45, 7) is 2.10. The standard InChI is InChI=1S/C12H19NO3S/c1-2-3-4-5-11(13(16)12(14)15)8-10-6-7-17-9-10/h6-7,9,11,16H,2-5,8H2,1H3,(H,14,15). The number of carboxylic acid groups (broad SMARTS) is 1. The van der Waals surface area contributed by atoms with Crippen molar-refractivity contribution in [1.29, 1.82) is 0 Å². The zero-order valence-electron chi connectivity index (χ0n) is 10.0. The van der Waals surface area contributed by atoms with Gasteiger partial charge in [0.15, 0.2) is 0 Å². The highest BCUT2D eigenvalue weighted by atomic mass is 32.1. The highest BCUT2D eigenvalue weighted by molar-refractivity contribution is 7.07. The molecule has 0 aliphatic carbocycles. The summed E-state index contributed by atoms with van der Waals surface area (Å²) in [5, 5.41) is 22.7. The smallest absolute Gasteiger partial charge is 0.431 e. The Morgan fingerprint density at radius 2 is 2.29 bits per heavy atom. The topological polar surface area (TPSA) is 60.8 Å². The van der Waals surface area contributed by atoms with Crippen molar-refractivity contribution in [3.8, 4) is 0 Å². The molecular weight excluding hydrogens is 238 g/mol. The summed E-state index contributed by atoms with van der Waals surface area (Å²) in [4.78, 5) is 10.8. The molecule has 1 aromatic heterocycles. The molecule has 0 aromatic carbocycles. The minimum Gasteiger partial charge on any atom is -0.463 e. The first-order chi connectivity index (χ1) is 8.15. The number of hydroxylamine groups is 2. The maximum atomic E-state index is 10.8. The van der Waals surface area contributed by atoms with Crippen molar-refractivity contribution in [2.24, 2.45) is 0 Å². The summed E-state index contributed by atoms with van der Waals surface area (Å²) in [6, 6.07) is 1.63. The monoisotopic (exact) mass is 257 g/mol. The highest BCUT2D eigenvalue weighted by Crippen LogP contribution is 2.16. The molecule has 1 aromatic rings. The van der Waals surface area contributed by atoms with Crippen molar-refractivity contribution >= 4 is 17.4 Å². The number of nitrogens with zero attached hydrogens (tertiary/aromatic N) is 1. The van der Waals surface area contributed by atoms with Gasteiger partial charge >= 0.3 is 6.09 Å². The second-order valence-corrected chi connectivity index (χ2v) is 4.89. The van der Waals surface area contributed by atoms with E-state index in [-0.39, 0.29) is 6.04 Å².